The maximum atomic E-state index is 12.3. The number of carbonyl (C=O) groups excluding carboxylic acids is 1. The second-order valence-electron chi connectivity index (χ2n) is 9.38. The Bertz CT molecular complexity index is 1310. The molecule has 37 heavy (non-hydrogen) atoms. The van der Waals surface area contributed by atoms with E-state index >= 15 is 0 Å². The van der Waals surface area contributed by atoms with Gasteiger partial charge in [0.05, 0.1) is 17.6 Å². The molecule has 4 aromatic rings. The third-order valence-corrected chi connectivity index (χ3v) is 6.46. The Morgan fingerprint density at radius 1 is 0.973 bits per heavy atom. The Labute approximate surface area is 219 Å². The number of hydrogen-bond acceptors (Lipinski definition) is 4. The maximum absolute atomic E-state index is 12.3. The van der Waals surface area contributed by atoms with E-state index in [2.05, 4.69) is 35.0 Å². The van der Waals surface area contributed by atoms with Crippen molar-refractivity contribution < 1.29 is 14.3 Å². The molecule has 1 aromatic heterocycles. The Kier molecular flexibility index (Phi) is 9.19. The van der Waals surface area contributed by atoms with Crippen molar-refractivity contribution in [2.45, 2.75) is 53.0 Å². The summed E-state index contributed by atoms with van der Waals surface area (Å²) in [5.74, 6) is 2.59. The van der Waals surface area contributed by atoms with E-state index in [9.17, 15) is 4.79 Å². The summed E-state index contributed by atoms with van der Waals surface area (Å²) in [4.78, 5) is 17.2. The number of ether oxygens (including phenoxy) is 2. The third-order valence-electron chi connectivity index (χ3n) is 6.46. The predicted octanol–water partition coefficient (Wildman–Crippen LogP) is 5.81. The Morgan fingerprint density at radius 3 is 2.59 bits per heavy atom. The predicted molar refractivity (Wildman–Crippen MR) is 148 cm³/mol. The van der Waals surface area contributed by atoms with E-state index in [4.69, 9.17) is 14.5 Å². The van der Waals surface area contributed by atoms with E-state index in [1.807, 2.05) is 62.4 Å². The van der Waals surface area contributed by atoms with Crippen LogP contribution in [0.4, 0.5) is 0 Å². The highest BCUT2D eigenvalue weighted by molar-refractivity contribution is 5.77. The lowest BCUT2D eigenvalue weighted by Gasteiger charge is -2.12. The van der Waals surface area contributed by atoms with Crippen molar-refractivity contribution in [3.63, 3.8) is 0 Å². The number of aromatic nitrogens is 2. The highest BCUT2D eigenvalue weighted by Gasteiger charge is 2.11. The van der Waals surface area contributed by atoms with Crippen molar-refractivity contribution in [3.05, 3.63) is 89.2 Å². The molecule has 3 aromatic carbocycles. The van der Waals surface area contributed by atoms with Crippen LogP contribution < -0.4 is 14.8 Å². The average Bonchev–Trinajstić information content (AvgIpc) is 3.27. The monoisotopic (exact) mass is 499 g/mol. The van der Waals surface area contributed by atoms with E-state index in [1.165, 1.54) is 5.56 Å². The molecule has 4 rings (SSSR count). The van der Waals surface area contributed by atoms with Crippen molar-refractivity contribution in [1.82, 2.24) is 14.9 Å². The van der Waals surface area contributed by atoms with Gasteiger partial charge >= 0.3 is 0 Å². The van der Waals surface area contributed by atoms with E-state index < -0.39 is 0 Å². The van der Waals surface area contributed by atoms with Gasteiger partial charge in [-0.25, -0.2) is 4.98 Å². The van der Waals surface area contributed by atoms with Gasteiger partial charge in [-0.3, -0.25) is 4.79 Å². The molecule has 0 saturated carbocycles. The highest BCUT2D eigenvalue weighted by Crippen LogP contribution is 2.20. The fourth-order valence-corrected chi connectivity index (χ4v) is 4.33. The number of aryl methyl sites for hydroxylation is 5. The molecule has 1 heterocycles. The lowest BCUT2D eigenvalue weighted by molar-refractivity contribution is -0.123. The Morgan fingerprint density at radius 2 is 1.78 bits per heavy atom. The van der Waals surface area contributed by atoms with Crippen LogP contribution in [0.15, 0.2) is 66.7 Å². The van der Waals surface area contributed by atoms with E-state index in [0.29, 0.717) is 13.2 Å². The molecule has 0 bridgehead atoms. The second-order valence-corrected chi connectivity index (χ2v) is 9.38. The number of nitrogens with one attached hydrogen (secondary N) is 1. The minimum atomic E-state index is -0.112. The fourth-order valence-electron chi connectivity index (χ4n) is 4.33. The van der Waals surface area contributed by atoms with E-state index in [1.54, 1.807) is 0 Å². The largest absolute Gasteiger partial charge is 0.494 e. The summed E-state index contributed by atoms with van der Waals surface area (Å²) in [5.41, 5.74) is 5.58. The SMILES string of the molecule is CCc1ccc(OCCCn2c(CCCNC(=O)COc3cc(C)ccc3C)nc3ccccc32)cc1. The molecular formula is C31H37N3O3. The van der Waals surface area contributed by atoms with Crippen LogP contribution in [0.1, 0.15) is 42.3 Å². The number of carbonyl (C=O) groups is 1. The summed E-state index contributed by atoms with van der Waals surface area (Å²) in [6, 6.07) is 22.5. The molecule has 0 aliphatic rings. The number of imidazole rings is 1. The minimum absolute atomic E-state index is 0.0178. The van der Waals surface area contributed by atoms with Crippen LogP contribution in [0.2, 0.25) is 0 Å². The Hall–Kier alpha value is -3.80. The van der Waals surface area contributed by atoms with Crippen molar-refractivity contribution >= 4 is 16.9 Å². The van der Waals surface area contributed by atoms with Gasteiger partial charge in [0.15, 0.2) is 6.61 Å². The van der Waals surface area contributed by atoms with Crippen LogP contribution in [0.25, 0.3) is 11.0 Å². The lowest BCUT2D eigenvalue weighted by atomic mass is 10.1. The quantitative estimate of drug-likeness (QED) is 0.236. The van der Waals surface area contributed by atoms with Crippen LogP contribution in [0.5, 0.6) is 11.5 Å². The molecule has 0 atom stereocenters. The highest BCUT2D eigenvalue weighted by atomic mass is 16.5. The van der Waals surface area contributed by atoms with E-state index in [0.717, 1.165) is 71.7 Å². The lowest BCUT2D eigenvalue weighted by Crippen LogP contribution is -2.30. The van der Waals surface area contributed by atoms with Crippen LogP contribution in [-0.4, -0.2) is 35.2 Å². The number of para-hydroxylation sites is 2. The van der Waals surface area contributed by atoms with Gasteiger partial charge in [-0.05, 0) is 80.1 Å². The van der Waals surface area contributed by atoms with Crippen molar-refractivity contribution in [2.24, 2.45) is 0 Å². The topological polar surface area (TPSA) is 65.4 Å². The fraction of sp³-hybridized carbons (Fsp3) is 0.355. The molecule has 194 valence electrons. The molecule has 0 unspecified atom stereocenters. The first-order chi connectivity index (χ1) is 18.0. The van der Waals surface area contributed by atoms with Crippen LogP contribution in [-0.2, 0) is 24.2 Å². The summed E-state index contributed by atoms with van der Waals surface area (Å²) in [6.07, 6.45) is 3.50. The number of rotatable bonds is 13. The zero-order valence-electron chi connectivity index (χ0n) is 22.1. The zero-order chi connectivity index (χ0) is 26.0. The van der Waals surface area contributed by atoms with Crippen LogP contribution >= 0.6 is 0 Å². The summed E-state index contributed by atoms with van der Waals surface area (Å²) < 4.78 is 14.0. The van der Waals surface area contributed by atoms with E-state index in [-0.39, 0.29) is 12.5 Å². The van der Waals surface area contributed by atoms with Gasteiger partial charge in [0, 0.05) is 19.5 Å². The molecule has 1 N–H and O–H groups in total. The molecule has 0 saturated heterocycles. The van der Waals surface area contributed by atoms with Gasteiger partial charge in [-0.2, -0.15) is 0 Å². The van der Waals surface area contributed by atoms with Crippen molar-refractivity contribution in [1.29, 1.82) is 0 Å². The number of hydrogen-bond donors (Lipinski definition) is 1. The normalized spacial score (nSPS) is 11.0. The first-order valence-corrected chi connectivity index (χ1v) is 13.2. The molecule has 0 aliphatic heterocycles. The minimum Gasteiger partial charge on any atom is -0.494 e. The second kappa shape index (κ2) is 12.9. The summed E-state index contributed by atoms with van der Waals surface area (Å²) in [5, 5.41) is 2.97. The standard InChI is InChI=1S/C31H37N3O3/c1-4-25-14-16-26(17-15-25)36-20-8-19-34-28-10-6-5-9-27(28)33-30(34)11-7-18-32-31(35)22-37-29-21-23(2)12-13-24(29)3/h5-6,9-10,12-17,21H,4,7-8,11,18-20,22H2,1-3H3,(H,32,35). The molecule has 6 nitrogen and oxygen atoms in total. The first-order valence-electron chi connectivity index (χ1n) is 13.2. The van der Waals surface area contributed by atoms with Gasteiger partial charge in [-0.1, -0.05) is 43.3 Å². The third kappa shape index (κ3) is 7.35. The number of amides is 1. The van der Waals surface area contributed by atoms with Gasteiger partial charge in [-0.15, -0.1) is 0 Å². The molecule has 0 fully saturated rings. The Balaban J connectivity index is 1.25. The van der Waals surface area contributed by atoms with Crippen LogP contribution in [0.3, 0.4) is 0 Å². The molecular weight excluding hydrogens is 462 g/mol. The van der Waals surface area contributed by atoms with Gasteiger partial charge < -0.3 is 19.4 Å². The molecule has 6 heteroatoms. The maximum Gasteiger partial charge on any atom is 0.257 e. The molecule has 1 amide bonds. The summed E-state index contributed by atoms with van der Waals surface area (Å²) in [7, 11) is 0. The smallest absolute Gasteiger partial charge is 0.257 e. The van der Waals surface area contributed by atoms with Crippen molar-refractivity contribution in [2.75, 3.05) is 19.8 Å². The number of nitrogens with zero attached hydrogens (tertiary/aromatic N) is 2. The number of fused-ring (bicyclic) bond motifs is 1. The van der Waals surface area contributed by atoms with Gasteiger partial charge in [0.2, 0.25) is 0 Å². The molecule has 0 radical (unpaired) electrons. The zero-order valence-corrected chi connectivity index (χ0v) is 22.1. The van der Waals surface area contributed by atoms with Gasteiger partial charge in [0.1, 0.15) is 17.3 Å². The molecule has 0 aliphatic carbocycles. The summed E-state index contributed by atoms with van der Waals surface area (Å²) in [6.45, 7) is 8.22. The number of benzene rings is 3. The van der Waals surface area contributed by atoms with Crippen molar-refractivity contribution in [3.8, 4) is 11.5 Å². The van der Waals surface area contributed by atoms with Gasteiger partial charge in [0.25, 0.3) is 5.91 Å². The first kappa shape index (κ1) is 26.3. The van der Waals surface area contributed by atoms with Crippen LogP contribution in [0, 0.1) is 13.8 Å². The summed E-state index contributed by atoms with van der Waals surface area (Å²) >= 11 is 0. The molecule has 0 spiro atoms. The average molecular weight is 500 g/mol.